The number of nitrogens with zero attached hydrogens (tertiary/aromatic N) is 1. The fraction of sp³-hybridized carbons (Fsp3) is 0.364. The molecule has 4 nitrogen and oxygen atoms in total. The van der Waals surface area contributed by atoms with E-state index in [0.29, 0.717) is 5.69 Å². The molecule has 1 aliphatic rings. The average molecular weight is 315 g/mol. The van der Waals surface area contributed by atoms with Crippen molar-refractivity contribution < 1.29 is 8.42 Å². The van der Waals surface area contributed by atoms with Gasteiger partial charge < -0.3 is 5.32 Å². The summed E-state index contributed by atoms with van der Waals surface area (Å²) in [7, 11) is -3.42. The Morgan fingerprint density at radius 3 is 2.88 bits per heavy atom. The number of nitriles is 1. The smallest absolute Gasteiger partial charge is 0.186 e. The van der Waals surface area contributed by atoms with E-state index in [9.17, 15) is 8.42 Å². The molecule has 1 aliphatic heterocycles. The molecule has 1 heterocycles. The zero-order valence-electron chi connectivity index (χ0n) is 9.14. The molecular weight excluding hydrogens is 304 g/mol. The summed E-state index contributed by atoms with van der Waals surface area (Å²) in [5.74, 6) is 0. The molecule has 90 valence electrons. The number of fused-ring (bicyclic) bond motifs is 1. The van der Waals surface area contributed by atoms with Gasteiger partial charge in [-0.3, -0.25) is 0 Å². The van der Waals surface area contributed by atoms with Gasteiger partial charge in [0.05, 0.1) is 28.3 Å². The number of anilines is 1. The zero-order chi connectivity index (χ0) is 12.6. The largest absolute Gasteiger partial charge is 0.380 e. The van der Waals surface area contributed by atoms with Gasteiger partial charge in [-0.2, -0.15) is 5.26 Å². The van der Waals surface area contributed by atoms with E-state index in [4.69, 9.17) is 5.26 Å². The predicted octanol–water partition coefficient (Wildman–Crippen LogP) is 2.32. The number of benzene rings is 1. The highest BCUT2D eigenvalue weighted by Gasteiger charge is 2.38. The maximum Gasteiger partial charge on any atom is 0.186 e. The first kappa shape index (κ1) is 12.4. The van der Waals surface area contributed by atoms with E-state index in [1.54, 1.807) is 25.1 Å². The molecule has 0 spiro atoms. The molecular formula is C11H11BrN2O2S. The van der Waals surface area contributed by atoms with Gasteiger partial charge in [0.2, 0.25) is 0 Å². The molecule has 2 unspecified atom stereocenters. The Kier molecular flexibility index (Phi) is 3.15. The molecule has 0 fully saturated rings. The second-order valence-corrected chi connectivity index (χ2v) is 7.07. The maximum atomic E-state index is 12.3. The Morgan fingerprint density at radius 2 is 2.24 bits per heavy atom. The molecule has 17 heavy (non-hydrogen) atoms. The van der Waals surface area contributed by atoms with E-state index >= 15 is 0 Å². The SMILES string of the molecule is CC1Nc2cc(Br)ccc2S(=O)(=O)C1CC#N. The molecule has 1 aromatic rings. The van der Waals surface area contributed by atoms with Gasteiger partial charge in [0.1, 0.15) is 0 Å². The van der Waals surface area contributed by atoms with Crippen molar-refractivity contribution in [2.75, 3.05) is 5.32 Å². The third-order valence-electron chi connectivity index (χ3n) is 2.88. The summed E-state index contributed by atoms with van der Waals surface area (Å²) in [6.45, 7) is 1.78. The number of halogens is 1. The van der Waals surface area contributed by atoms with Crippen LogP contribution >= 0.6 is 15.9 Å². The van der Waals surface area contributed by atoms with Crippen molar-refractivity contribution >= 4 is 31.5 Å². The lowest BCUT2D eigenvalue weighted by Crippen LogP contribution is -2.41. The standard InChI is InChI=1S/C11H11BrN2O2S/c1-7-10(4-5-13)17(15,16)11-3-2-8(12)6-9(11)14-7/h2-3,6-7,10,14H,4H2,1H3. The molecule has 0 radical (unpaired) electrons. The molecule has 0 bridgehead atoms. The van der Waals surface area contributed by atoms with Crippen LogP contribution in [0.2, 0.25) is 0 Å². The van der Waals surface area contributed by atoms with Crippen molar-refractivity contribution in [3.63, 3.8) is 0 Å². The van der Waals surface area contributed by atoms with Crippen molar-refractivity contribution in [3.8, 4) is 6.07 Å². The quantitative estimate of drug-likeness (QED) is 0.863. The van der Waals surface area contributed by atoms with Crippen LogP contribution in [0.25, 0.3) is 0 Å². The third kappa shape index (κ3) is 2.05. The van der Waals surface area contributed by atoms with Crippen LogP contribution in [-0.2, 0) is 9.84 Å². The highest BCUT2D eigenvalue weighted by Crippen LogP contribution is 2.35. The number of hydrogen-bond acceptors (Lipinski definition) is 4. The van der Waals surface area contributed by atoms with Gasteiger partial charge in [-0.05, 0) is 25.1 Å². The second kappa shape index (κ2) is 4.31. The molecule has 0 saturated heterocycles. The highest BCUT2D eigenvalue weighted by molar-refractivity contribution is 9.10. The van der Waals surface area contributed by atoms with Crippen molar-refractivity contribution in [1.29, 1.82) is 5.26 Å². The Bertz CT molecular complexity index is 592. The van der Waals surface area contributed by atoms with E-state index in [1.165, 1.54) is 0 Å². The van der Waals surface area contributed by atoms with Gasteiger partial charge in [-0.15, -0.1) is 0 Å². The van der Waals surface area contributed by atoms with E-state index in [-0.39, 0.29) is 17.4 Å². The fourth-order valence-electron chi connectivity index (χ4n) is 2.01. The summed E-state index contributed by atoms with van der Waals surface area (Å²) < 4.78 is 25.4. The summed E-state index contributed by atoms with van der Waals surface area (Å²) in [6, 6.07) is 6.68. The lowest BCUT2D eigenvalue weighted by molar-refractivity contribution is 0.560. The van der Waals surface area contributed by atoms with Gasteiger partial charge in [-0.25, -0.2) is 8.42 Å². The third-order valence-corrected chi connectivity index (χ3v) is 5.71. The van der Waals surface area contributed by atoms with Crippen molar-refractivity contribution in [3.05, 3.63) is 22.7 Å². The Hall–Kier alpha value is -1.06. The second-order valence-electron chi connectivity index (χ2n) is 4.02. The van der Waals surface area contributed by atoms with E-state index in [1.807, 2.05) is 6.07 Å². The summed E-state index contributed by atoms with van der Waals surface area (Å²) >= 11 is 3.31. The minimum Gasteiger partial charge on any atom is -0.380 e. The summed E-state index contributed by atoms with van der Waals surface area (Å²) in [5.41, 5.74) is 0.598. The van der Waals surface area contributed by atoms with Crippen LogP contribution in [0.3, 0.4) is 0 Å². The van der Waals surface area contributed by atoms with Gasteiger partial charge >= 0.3 is 0 Å². The van der Waals surface area contributed by atoms with Gasteiger partial charge in [0.25, 0.3) is 0 Å². The van der Waals surface area contributed by atoms with Crippen molar-refractivity contribution in [2.24, 2.45) is 0 Å². The Labute approximate surface area is 109 Å². The lowest BCUT2D eigenvalue weighted by atomic mass is 10.1. The maximum absolute atomic E-state index is 12.3. The predicted molar refractivity (Wildman–Crippen MR) is 68.4 cm³/mol. The number of hydrogen-bond donors (Lipinski definition) is 1. The number of sulfone groups is 1. The summed E-state index contributed by atoms with van der Waals surface area (Å²) in [4.78, 5) is 0.277. The van der Waals surface area contributed by atoms with Gasteiger partial charge in [-0.1, -0.05) is 15.9 Å². The van der Waals surface area contributed by atoms with Crippen LogP contribution in [0, 0.1) is 11.3 Å². The molecule has 1 N–H and O–H groups in total. The lowest BCUT2D eigenvalue weighted by Gasteiger charge is -2.30. The van der Waals surface area contributed by atoms with E-state index < -0.39 is 15.1 Å². The molecule has 2 atom stereocenters. The molecule has 1 aromatic carbocycles. The van der Waals surface area contributed by atoms with Gasteiger partial charge in [0.15, 0.2) is 9.84 Å². The average Bonchev–Trinajstić information content (AvgIpc) is 2.23. The summed E-state index contributed by atoms with van der Waals surface area (Å²) in [6.07, 6.45) is 0.00596. The van der Waals surface area contributed by atoms with Crippen LogP contribution in [0.15, 0.2) is 27.6 Å². The number of rotatable bonds is 1. The topological polar surface area (TPSA) is 70.0 Å². The Balaban J connectivity index is 2.58. The van der Waals surface area contributed by atoms with Crippen molar-refractivity contribution in [2.45, 2.75) is 29.5 Å². The van der Waals surface area contributed by atoms with E-state index in [2.05, 4.69) is 21.2 Å². The number of nitrogens with one attached hydrogen (secondary N) is 1. The van der Waals surface area contributed by atoms with Crippen LogP contribution in [-0.4, -0.2) is 19.7 Å². The zero-order valence-corrected chi connectivity index (χ0v) is 11.5. The van der Waals surface area contributed by atoms with Crippen molar-refractivity contribution in [1.82, 2.24) is 0 Å². The van der Waals surface area contributed by atoms with Crippen LogP contribution in [0.5, 0.6) is 0 Å². The van der Waals surface area contributed by atoms with Crippen LogP contribution in [0.1, 0.15) is 13.3 Å². The molecule has 0 aliphatic carbocycles. The first-order chi connectivity index (χ1) is 7.96. The highest BCUT2D eigenvalue weighted by atomic mass is 79.9. The Morgan fingerprint density at radius 1 is 1.53 bits per heavy atom. The molecule has 2 rings (SSSR count). The molecule has 0 aromatic heterocycles. The van der Waals surface area contributed by atoms with E-state index in [0.717, 1.165) is 4.47 Å². The summed E-state index contributed by atoms with van der Waals surface area (Å²) in [5, 5.41) is 11.2. The first-order valence-corrected chi connectivity index (χ1v) is 7.47. The monoisotopic (exact) mass is 314 g/mol. The molecule has 0 amide bonds. The van der Waals surface area contributed by atoms with Gasteiger partial charge in [0, 0.05) is 10.5 Å². The normalized spacial score (nSPS) is 25.5. The molecule has 6 heteroatoms. The fourth-order valence-corrected chi connectivity index (χ4v) is 4.28. The van der Waals surface area contributed by atoms with Crippen LogP contribution in [0.4, 0.5) is 5.69 Å². The molecule has 0 saturated carbocycles. The minimum atomic E-state index is -3.42. The first-order valence-electron chi connectivity index (χ1n) is 5.13. The van der Waals surface area contributed by atoms with Crippen LogP contribution < -0.4 is 5.32 Å². The minimum absolute atomic E-state index is 0.00596.